The molecule has 2 aliphatic rings. The molecule has 1 saturated heterocycles. The van der Waals surface area contributed by atoms with E-state index in [4.69, 9.17) is 0 Å². The zero-order valence-electron chi connectivity index (χ0n) is 13.6. The van der Waals surface area contributed by atoms with Gasteiger partial charge < -0.3 is 10.2 Å². The van der Waals surface area contributed by atoms with Crippen LogP contribution in [0.3, 0.4) is 0 Å². The number of carbonyl (C=O) groups is 2. The van der Waals surface area contributed by atoms with Crippen LogP contribution in [0.25, 0.3) is 0 Å². The fraction of sp³-hybridized carbons (Fsp3) is 0.556. The zero-order valence-corrected chi connectivity index (χ0v) is 13.6. The number of carbonyl (C=O) groups excluding carboxylic acids is 2. The Bertz CT molecular complexity index is 586. The predicted octanol–water partition coefficient (Wildman–Crippen LogP) is 3.11. The fourth-order valence-corrected chi connectivity index (χ4v) is 3.94. The van der Waals surface area contributed by atoms with Crippen LogP contribution in [-0.4, -0.2) is 28.8 Å². The molecular weight excluding hydrogens is 276 g/mol. The van der Waals surface area contributed by atoms with Crippen molar-refractivity contribution in [1.29, 1.82) is 0 Å². The van der Waals surface area contributed by atoms with E-state index in [0.717, 1.165) is 36.9 Å². The van der Waals surface area contributed by atoms with E-state index in [2.05, 4.69) is 5.32 Å². The van der Waals surface area contributed by atoms with Crippen molar-refractivity contribution < 1.29 is 9.59 Å². The minimum Gasteiger partial charge on any atom is -0.327 e. The third kappa shape index (κ3) is 2.21. The fourth-order valence-electron chi connectivity index (χ4n) is 3.94. The summed E-state index contributed by atoms with van der Waals surface area (Å²) in [6.45, 7) is 5.97. The van der Waals surface area contributed by atoms with Gasteiger partial charge in [0.05, 0.1) is 5.41 Å². The summed E-state index contributed by atoms with van der Waals surface area (Å²) in [7, 11) is 0. The molecule has 2 fully saturated rings. The lowest BCUT2D eigenvalue weighted by Gasteiger charge is -2.55. The van der Waals surface area contributed by atoms with E-state index in [1.807, 2.05) is 45.0 Å². The van der Waals surface area contributed by atoms with Gasteiger partial charge in [0.1, 0.15) is 6.04 Å². The van der Waals surface area contributed by atoms with Gasteiger partial charge in [-0.25, -0.2) is 0 Å². The molecule has 0 radical (unpaired) electrons. The molecule has 1 N–H and O–H groups in total. The van der Waals surface area contributed by atoms with Crippen molar-refractivity contribution in [3.63, 3.8) is 0 Å². The Balaban J connectivity index is 1.81. The average molecular weight is 300 g/mol. The molecule has 1 aromatic rings. The standard InChI is InChI=1S/C18H24N2O2/c1-12(2)20-15(18(17(20)22)10-4-5-11-18)16(21)19-14-8-6-13(3)7-9-14/h6-9,12,15H,4-5,10-11H2,1-3H3,(H,19,21). The first-order chi connectivity index (χ1) is 10.5. The Morgan fingerprint density at radius 1 is 1.23 bits per heavy atom. The van der Waals surface area contributed by atoms with E-state index in [1.54, 1.807) is 4.90 Å². The van der Waals surface area contributed by atoms with Crippen LogP contribution in [0.4, 0.5) is 5.69 Å². The second-order valence-electron chi connectivity index (χ2n) is 6.93. The van der Waals surface area contributed by atoms with Crippen molar-refractivity contribution in [2.75, 3.05) is 5.32 Å². The van der Waals surface area contributed by atoms with Crippen molar-refractivity contribution in [1.82, 2.24) is 4.90 Å². The molecule has 3 rings (SSSR count). The molecule has 0 bridgehead atoms. The van der Waals surface area contributed by atoms with Crippen LogP contribution in [0.1, 0.15) is 45.1 Å². The summed E-state index contributed by atoms with van der Waals surface area (Å²) in [6.07, 6.45) is 3.79. The van der Waals surface area contributed by atoms with Crippen LogP contribution < -0.4 is 5.32 Å². The highest BCUT2D eigenvalue weighted by Crippen LogP contribution is 2.52. The van der Waals surface area contributed by atoms with Crippen molar-refractivity contribution in [2.24, 2.45) is 5.41 Å². The lowest BCUT2D eigenvalue weighted by atomic mass is 9.68. The zero-order chi connectivity index (χ0) is 15.9. The molecule has 1 spiro atoms. The number of likely N-dealkylation sites (tertiary alicyclic amines) is 1. The molecule has 4 nitrogen and oxygen atoms in total. The minimum atomic E-state index is -0.431. The third-order valence-electron chi connectivity index (χ3n) is 5.08. The molecule has 1 atom stereocenters. The van der Waals surface area contributed by atoms with Crippen molar-refractivity contribution in [3.05, 3.63) is 29.8 Å². The first-order valence-electron chi connectivity index (χ1n) is 8.16. The van der Waals surface area contributed by atoms with E-state index in [9.17, 15) is 9.59 Å². The van der Waals surface area contributed by atoms with E-state index in [1.165, 1.54) is 0 Å². The highest BCUT2D eigenvalue weighted by atomic mass is 16.2. The third-order valence-corrected chi connectivity index (χ3v) is 5.08. The van der Waals surface area contributed by atoms with Gasteiger partial charge in [0.25, 0.3) is 0 Å². The SMILES string of the molecule is Cc1ccc(NC(=O)C2N(C(C)C)C(=O)C23CCCC3)cc1. The largest absolute Gasteiger partial charge is 0.327 e. The molecule has 0 aromatic heterocycles. The number of hydrogen-bond acceptors (Lipinski definition) is 2. The Hall–Kier alpha value is -1.84. The van der Waals surface area contributed by atoms with E-state index >= 15 is 0 Å². The molecule has 118 valence electrons. The lowest BCUT2D eigenvalue weighted by molar-refractivity contribution is -0.179. The van der Waals surface area contributed by atoms with E-state index in [0.29, 0.717) is 0 Å². The summed E-state index contributed by atoms with van der Waals surface area (Å²) in [5.41, 5.74) is 1.53. The van der Waals surface area contributed by atoms with Gasteiger partial charge >= 0.3 is 0 Å². The Kier molecular flexibility index (Phi) is 3.71. The quantitative estimate of drug-likeness (QED) is 0.872. The monoisotopic (exact) mass is 300 g/mol. The summed E-state index contributed by atoms with van der Waals surface area (Å²) < 4.78 is 0. The van der Waals surface area contributed by atoms with Gasteiger partial charge in [-0.05, 0) is 45.7 Å². The summed E-state index contributed by atoms with van der Waals surface area (Å²) >= 11 is 0. The molecule has 1 unspecified atom stereocenters. The number of aryl methyl sites for hydroxylation is 1. The van der Waals surface area contributed by atoms with Gasteiger partial charge in [-0.1, -0.05) is 30.5 Å². The minimum absolute atomic E-state index is 0.0425. The number of benzene rings is 1. The highest BCUT2D eigenvalue weighted by molar-refractivity contribution is 6.07. The molecule has 1 aliphatic carbocycles. The molecule has 2 amide bonds. The van der Waals surface area contributed by atoms with Gasteiger partial charge in [0.2, 0.25) is 11.8 Å². The summed E-state index contributed by atoms with van der Waals surface area (Å²) in [5.74, 6) is 0.128. The van der Waals surface area contributed by atoms with Gasteiger partial charge in [-0.15, -0.1) is 0 Å². The normalized spacial score (nSPS) is 23.0. The number of rotatable bonds is 3. The maximum atomic E-state index is 12.8. The average Bonchev–Trinajstić information content (AvgIpc) is 2.97. The molecular formula is C18H24N2O2. The summed E-state index contributed by atoms with van der Waals surface area (Å²) in [4.78, 5) is 27.1. The van der Waals surface area contributed by atoms with Crippen molar-refractivity contribution >= 4 is 17.5 Å². The Labute approximate surface area is 131 Å². The Morgan fingerprint density at radius 2 is 1.82 bits per heavy atom. The summed E-state index contributed by atoms with van der Waals surface area (Å²) in [6, 6.07) is 7.53. The number of anilines is 1. The van der Waals surface area contributed by atoms with Crippen LogP contribution in [0, 0.1) is 12.3 Å². The van der Waals surface area contributed by atoms with E-state index in [-0.39, 0.29) is 23.9 Å². The van der Waals surface area contributed by atoms with Gasteiger partial charge in [0, 0.05) is 11.7 Å². The molecule has 4 heteroatoms. The number of β-lactam (4-membered cyclic amide) rings is 1. The first kappa shape index (κ1) is 15.1. The Morgan fingerprint density at radius 3 is 2.36 bits per heavy atom. The maximum absolute atomic E-state index is 12.8. The van der Waals surface area contributed by atoms with Gasteiger partial charge in [0.15, 0.2) is 0 Å². The molecule has 1 aliphatic heterocycles. The summed E-state index contributed by atoms with van der Waals surface area (Å²) in [5, 5.41) is 2.99. The van der Waals surface area contributed by atoms with Crippen LogP contribution in [0.2, 0.25) is 0 Å². The van der Waals surface area contributed by atoms with Crippen molar-refractivity contribution in [2.45, 2.75) is 58.5 Å². The van der Waals surface area contributed by atoms with Crippen LogP contribution in [0.5, 0.6) is 0 Å². The van der Waals surface area contributed by atoms with E-state index < -0.39 is 5.41 Å². The predicted molar refractivity (Wildman–Crippen MR) is 86.5 cm³/mol. The number of nitrogens with zero attached hydrogens (tertiary/aromatic N) is 1. The van der Waals surface area contributed by atoms with Crippen LogP contribution >= 0.6 is 0 Å². The molecule has 1 aromatic carbocycles. The molecule has 22 heavy (non-hydrogen) atoms. The lowest BCUT2D eigenvalue weighted by Crippen LogP contribution is -2.73. The number of nitrogens with one attached hydrogen (secondary N) is 1. The van der Waals surface area contributed by atoms with Crippen molar-refractivity contribution in [3.8, 4) is 0 Å². The van der Waals surface area contributed by atoms with Crippen LogP contribution in [-0.2, 0) is 9.59 Å². The van der Waals surface area contributed by atoms with Crippen LogP contribution in [0.15, 0.2) is 24.3 Å². The molecule has 1 heterocycles. The second kappa shape index (κ2) is 5.41. The molecule has 1 saturated carbocycles. The maximum Gasteiger partial charge on any atom is 0.248 e. The number of amides is 2. The number of hydrogen-bond donors (Lipinski definition) is 1. The van der Waals surface area contributed by atoms with Gasteiger partial charge in [-0.3, -0.25) is 9.59 Å². The topological polar surface area (TPSA) is 49.4 Å². The smallest absolute Gasteiger partial charge is 0.248 e. The first-order valence-corrected chi connectivity index (χ1v) is 8.16. The second-order valence-corrected chi connectivity index (χ2v) is 6.93. The van der Waals surface area contributed by atoms with Gasteiger partial charge in [-0.2, -0.15) is 0 Å². The highest BCUT2D eigenvalue weighted by Gasteiger charge is 2.64.